The molecule has 0 N–H and O–H groups in total. The zero-order chi connectivity index (χ0) is 21.0. The number of piperidine rings is 1. The molecule has 152 valence electrons. The molecule has 7 heteroatoms. The van der Waals surface area contributed by atoms with Gasteiger partial charge in [0.15, 0.2) is 0 Å². The molecule has 1 aliphatic heterocycles. The lowest BCUT2D eigenvalue weighted by molar-refractivity contribution is 0.135. The van der Waals surface area contributed by atoms with E-state index in [1.165, 1.54) is 16.4 Å². The van der Waals surface area contributed by atoms with Crippen LogP contribution in [0.15, 0.2) is 78.0 Å². The Morgan fingerprint density at radius 1 is 1.00 bits per heavy atom. The van der Waals surface area contributed by atoms with E-state index in [2.05, 4.69) is 4.98 Å². The summed E-state index contributed by atoms with van der Waals surface area (Å²) in [4.78, 5) is 4.31. The minimum atomic E-state index is -3.61. The third kappa shape index (κ3) is 4.35. The van der Waals surface area contributed by atoms with Gasteiger partial charge in [-0.15, -0.1) is 0 Å². The molecular weight excluding hydrogens is 398 g/mol. The maximum atomic E-state index is 12.9. The van der Waals surface area contributed by atoms with Crippen LogP contribution >= 0.6 is 0 Å². The van der Waals surface area contributed by atoms with Crippen molar-refractivity contribution in [1.29, 1.82) is 5.26 Å². The summed E-state index contributed by atoms with van der Waals surface area (Å²) in [7, 11) is -3.61. The Bertz CT molecular complexity index is 1170. The van der Waals surface area contributed by atoms with Crippen LogP contribution < -0.4 is 4.74 Å². The quantitative estimate of drug-likeness (QED) is 0.627. The molecular formula is C23H21N3O3S. The van der Waals surface area contributed by atoms with Crippen molar-refractivity contribution in [2.45, 2.75) is 23.8 Å². The fourth-order valence-electron chi connectivity index (χ4n) is 3.54. The Kier molecular flexibility index (Phi) is 5.79. The SMILES string of the molecule is N#Cc1cccc(S(=O)(=O)N2CCC(Oc3cccc(-c4cccnc4)c3)CC2)c1. The maximum absolute atomic E-state index is 12.9. The first-order valence-corrected chi connectivity index (χ1v) is 11.2. The molecule has 0 radical (unpaired) electrons. The molecule has 3 aromatic rings. The molecule has 1 saturated heterocycles. The van der Waals surface area contributed by atoms with Crippen LogP contribution in [0.5, 0.6) is 5.75 Å². The minimum Gasteiger partial charge on any atom is -0.490 e. The number of ether oxygens (including phenoxy) is 1. The second-order valence-corrected chi connectivity index (χ2v) is 9.07. The lowest BCUT2D eigenvalue weighted by Gasteiger charge is -2.31. The predicted octanol–water partition coefficient (Wildman–Crippen LogP) is 3.85. The Morgan fingerprint density at radius 3 is 2.50 bits per heavy atom. The molecule has 2 heterocycles. The van der Waals surface area contributed by atoms with Gasteiger partial charge in [-0.25, -0.2) is 8.42 Å². The minimum absolute atomic E-state index is 0.0500. The van der Waals surface area contributed by atoms with Crippen molar-refractivity contribution in [3.8, 4) is 22.9 Å². The molecule has 0 spiro atoms. The number of rotatable bonds is 5. The number of benzene rings is 2. The van der Waals surface area contributed by atoms with Gasteiger partial charge >= 0.3 is 0 Å². The van der Waals surface area contributed by atoms with E-state index in [1.54, 1.807) is 18.3 Å². The number of nitriles is 1. The Hall–Kier alpha value is -3.21. The van der Waals surface area contributed by atoms with E-state index in [0.717, 1.165) is 16.9 Å². The van der Waals surface area contributed by atoms with Crippen LogP contribution in [0, 0.1) is 11.3 Å². The van der Waals surface area contributed by atoms with Gasteiger partial charge in [0.2, 0.25) is 10.0 Å². The van der Waals surface area contributed by atoms with Crippen LogP contribution in [0.2, 0.25) is 0 Å². The van der Waals surface area contributed by atoms with E-state index < -0.39 is 10.0 Å². The van der Waals surface area contributed by atoms with Crippen molar-refractivity contribution in [3.63, 3.8) is 0 Å². The van der Waals surface area contributed by atoms with Crippen LogP contribution in [-0.2, 0) is 10.0 Å². The third-order valence-corrected chi connectivity index (χ3v) is 7.03. The van der Waals surface area contributed by atoms with Gasteiger partial charge in [0.25, 0.3) is 0 Å². The number of aromatic nitrogens is 1. The van der Waals surface area contributed by atoms with Crippen LogP contribution in [0.25, 0.3) is 11.1 Å². The maximum Gasteiger partial charge on any atom is 0.243 e. The summed E-state index contributed by atoms with van der Waals surface area (Å²) in [5, 5.41) is 9.03. The molecule has 1 aliphatic rings. The lowest BCUT2D eigenvalue weighted by Crippen LogP contribution is -2.41. The second kappa shape index (κ2) is 8.66. The molecule has 0 aliphatic carbocycles. The van der Waals surface area contributed by atoms with Gasteiger partial charge in [-0.05, 0) is 54.8 Å². The average molecular weight is 420 g/mol. The second-order valence-electron chi connectivity index (χ2n) is 7.13. The molecule has 0 atom stereocenters. The molecule has 4 rings (SSSR count). The van der Waals surface area contributed by atoms with Gasteiger partial charge in [0, 0.05) is 31.0 Å². The molecule has 1 aromatic heterocycles. The molecule has 0 bridgehead atoms. The van der Waals surface area contributed by atoms with Crippen molar-refractivity contribution in [2.24, 2.45) is 0 Å². The molecule has 0 amide bonds. The first-order chi connectivity index (χ1) is 14.6. The van der Waals surface area contributed by atoms with Crippen molar-refractivity contribution >= 4 is 10.0 Å². The van der Waals surface area contributed by atoms with E-state index in [4.69, 9.17) is 10.00 Å². The summed E-state index contributed by atoms with van der Waals surface area (Å²) in [6.45, 7) is 0.762. The van der Waals surface area contributed by atoms with Gasteiger partial charge in [0.05, 0.1) is 16.5 Å². The van der Waals surface area contributed by atoms with Crippen molar-refractivity contribution < 1.29 is 13.2 Å². The summed E-state index contributed by atoms with van der Waals surface area (Å²) >= 11 is 0. The normalized spacial score (nSPS) is 15.4. The Morgan fingerprint density at radius 2 is 1.77 bits per heavy atom. The van der Waals surface area contributed by atoms with Gasteiger partial charge in [-0.2, -0.15) is 9.57 Å². The fraction of sp³-hybridized carbons (Fsp3) is 0.217. The monoisotopic (exact) mass is 419 g/mol. The van der Waals surface area contributed by atoms with Crippen molar-refractivity contribution in [1.82, 2.24) is 9.29 Å². The van der Waals surface area contributed by atoms with Gasteiger partial charge in [0.1, 0.15) is 11.9 Å². The highest BCUT2D eigenvalue weighted by Crippen LogP contribution is 2.27. The molecule has 0 unspecified atom stereocenters. The number of hydrogen-bond donors (Lipinski definition) is 0. The molecule has 0 saturated carbocycles. The third-order valence-electron chi connectivity index (χ3n) is 5.13. The molecule has 2 aromatic carbocycles. The summed E-state index contributed by atoms with van der Waals surface area (Å²) in [5.41, 5.74) is 2.38. The van der Waals surface area contributed by atoms with E-state index in [-0.39, 0.29) is 11.0 Å². The zero-order valence-corrected chi connectivity index (χ0v) is 17.1. The largest absolute Gasteiger partial charge is 0.490 e. The first kappa shape index (κ1) is 20.1. The lowest BCUT2D eigenvalue weighted by atomic mass is 10.1. The average Bonchev–Trinajstić information content (AvgIpc) is 2.80. The first-order valence-electron chi connectivity index (χ1n) is 9.74. The van der Waals surface area contributed by atoms with Crippen LogP contribution in [-0.4, -0.2) is 36.9 Å². The standard InChI is InChI=1S/C23H21N3O3S/c24-16-18-4-1-8-23(14-18)30(27,28)26-12-9-21(10-13-26)29-22-7-2-5-19(15-22)20-6-3-11-25-17-20/h1-8,11,14-15,17,21H,9-10,12-13H2. The summed E-state index contributed by atoms with van der Waals surface area (Å²) in [5.74, 6) is 0.763. The number of hydrogen-bond acceptors (Lipinski definition) is 5. The zero-order valence-electron chi connectivity index (χ0n) is 16.3. The Labute approximate surface area is 176 Å². The van der Waals surface area contributed by atoms with Gasteiger partial charge in [-0.3, -0.25) is 4.98 Å². The topological polar surface area (TPSA) is 83.3 Å². The predicted molar refractivity (Wildman–Crippen MR) is 113 cm³/mol. The van der Waals surface area contributed by atoms with Crippen LogP contribution in [0.3, 0.4) is 0 Å². The highest BCUT2D eigenvalue weighted by molar-refractivity contribution is 7.89. The highest BCUT2D eigenvalue weighted by Gasteiger charge is 2.30. The van der Waals surface area contributed by atoms with Gasteiger partial charge < -0.3 is 4.74 Å². The van der Waals surface area contributed by atoms with E-state index in [1.807, 2.05) is 48.7 Å². The van der Waals surface area contributed by atoms with E-state index in [9.17, 15) is 8.42 Å². The van der Waals surface area contributed by atoms with Crippen molar-refractivity contribution in [2.75, 3.05) is 13.1 Å². The highest BCUT2D eigenvalue weighted by atomic mass is 32.2. The molecule has 30 heavy (non-hydrogen) atoms. The fourth-order valence-corrected chi connectivity index (χ4v) is 5.06. The molecule has 6 nitrogen and oxygen atoms in total. The number of sulfonamides is 1. The Balaban J connectivity index is 1.41. The number of pyridine rings is 1. The summed E-state index contributed by atoms with van der Waals surface area (Å²) in [6, 6.07) is 19.9. The summed E-state index contributed by atoms with van der Waals surface area (Å²) < 4.78 is 33.4. The van der Waals surface area contributed by atoms with E-state index >= 15 is 0 Å². The number of nitrogens with zero attached hydrogens (tertiary/aromatic N) is 3. The van der Waals surface area contributed by atoms with Gasteiger partial charge in [-0.1, -0.05) is 24.3 Å². The smallest absolute Gasteiger partial charge is 0.243 e. The van der Waals surface area contributed by atoms with Crippen LogP contribution in [0.4, 0.5) is 0 Å². The van der Waals surface area contributed by atoms with E-state index in [0.29, 0.717) is 31.5 Å². The van der Waals surface area contributed by atoms with Crippen molar-refractivity contribution in [3.05, 3.63) is 78.6 Å². The van der Waals surface area contributed by atoms with Crippen LogP contribution in [0.1, 0.15) is 18.4 Å². The molecule has 1 fully saturated rings. The summed E-state index contributed by atoms with van der Waals surface area (Å²) in [6.07, 6.45) is 4.71.